The average molecular weight is 503 g/mol. The first kappa shape index (κ1) is 25.8. The maximum Gasteiger partial charge on any atom is 0.416 e. The Kier molecular flexibility index (Phi) is 6.88. The molecule has 0 saturated carbocycles. The van der Waals surface area contributed by atoms with Gasteiger partial charge in [0.2, 0.25) is 0 Å². The van der Waals surface area contributed by atoms with Crippen molar-refractivity contribution in [2.75, 3.05) is 13.7 Å². The summed E-state index contributed by atoms with van der Waals surface area (Å²) >= 11 is 0. The first-order chi connectivity index (χ1) is 16.9. The van der Waals surface area contributed by atoms with Crippen LogP contribution in [0.15, 0.2) is 42.6 Å². The molecule has 1 aliphatic rings. The molecule has 1 aromatic heterocycles. The van der Waals surface area contributed by atoms with Gasteiger partial charge < -0.3 is 14.2 Å². The molecule has 1 atom stereocenters. The molecule has 36 heavy (non-hydrogen) atoms. The number of fused-ring (bicyclic) bond motifs is 1. The summed E-state index contributed by atoms with van der Waals surface area (Å²) in [7, 11) is 2.84. The molecule has 0 fully saturated rings. The van der Waals surface area contributed by atoms with Crippen LogP contribution >= 0.6 is 0 Å². The minimum absolute atomic E-state index is 0.237. The van der Waals surface area contributed by atoms with Gasteiger partial charge in [0.1, 0.15) is 5.75 Å². The summed E-state index contributed by atoms with van der Waals surface area (Å²) in [5.41, 5.74) is 0.533. The molecule has 192 valence electrons. The van der Waals surface area contributed by atoms with Crippen molar-refractivity contribution in [3.8, 4) is 28.1 Å². The first-order valence-electron chi connectivity index (χ1n) is 11.6. The normalized spacial score (nSPS) is 14.7. The molecule has 0 bridgehead atoms. The standard InChI is InChI=1S/C27H29F3N2O4/c1-26(2,3)36-24(25(33)34-5)23-19(27(28,29)30)10-9-18(20-12-13-31-32(20)4)22(23)17-8-11-21-16(15-17)7-6-14-35-21/h8-13,15,24H,6-7,14H2,1-5H3. The highest BCUT2D eigenvalue weighted by atomic mass is 19.4. The van der Waals surface area contributed by atoms with Gasteiger partial charge in [0.25, 0.3) is 0 Å². The van der Waals surface area contributed by atoms with E-state index in [-0.39, 0.29) is 11.1 Å². The van der Waals surface area contributed by atoms with E-state index in [0.717, 1.165) is 31.6 Å². The van der Waals surface area contributed by atoms with E-state index in [1.54, 1.807) is 56.9 Å². The first-order valence-corrected chi connectivity index (χ1v) is 11.6. The molecule has 2 heterocycles. The fraction of sp³-hybridized carbons (Fsp3) is 0.407. The maximum atomic E-state index is 14.5. The predicted molar refractivity (Wildman–Crippen MR) is 128 cm³/mol. The molecule has 0 amide bonds. The van der Waals surface area contributed by atoms with E-state index in [1.165, 1.54) is 6.07 Å². The second-order valence-electron chi connectivity index (χ2n) is 9.70. The van der Waals surface area contributed by atoms with Gasteiger partial charge in [-0.25, -0.2) is 4.79 Å². The summed E-state index contributed by atoms with van der Waals surface area (Å²) < 4.78 is 61.7. The number of aryl methyl sites for hydroxylation is 2. The number of carbonyl (C=O) groups is 1. The minimum Gasteiger partial charge on any atom is -0.493 e. The number of hydrogen-bond donors (Lipinski definition) is 0. The summed E-state index contributed by atoms with van der Waals surface area (Å²) in [4.78, 5) is 13.0. The zero-order valence-electron chi connectivity index (χ0n) is 20.9. The van der Waals surface area contributed by atoms with Crippen molar-refractivity contribution >= 4 is 5.97 Å². The third-order valence-corrected chi connectivity index (χ3v) is 5.99. The van der Waals surface area contributed by atoms with Crippen molar-refractivity contribution in [1.82, 2.24) is 9.78 Å². The van der Waals surface area contributed by atoms with Gasteiger partial charge in [-0.2, -0.15) is 18.3 Å². The largest absolute Gasteiger partial charge is 0.493 e. The number of esters is 1. The average Bonchev–Trinajstić information content (AvgIpc) is 3.25. The Bertz CT molecular complexity index is 1270. The van der Waals surface area contributed by atoms with Crippen LogP contribution in [0.4, 0.5) is 13.2 Å². The monoisotopic (exact) mass is 502 g/mol. The smallest absolute Gasteiger partial charge is 0.416 e. The molecule has 0 spiro atoms. The van der Waals surface area contributed by atoms with Gasteiger partial charge in [-0.1, -0.05) is 12.1 Å². The Labute approximate surface area is 208 Å². The lowest BCUT2D eigenvalue weighted by molar-refractivity contribution is -0.166. The molecule has 0 saturated heterocycles. The summed E-state index contributed by atoms with van der Waals surface area (Å²) in [6.45, 7) is 5.62. The molecular formula is C27H29F3N2O4. The van der Waals surface area contributed by atoms with Crippen molar-refractivity contribution in [3.63, 3.8) is 0 Å². The number of benzene rings is 2. The Morgan fingerprint density at radius 3 is 2.50 bits per heavy atom. The van der Waals surface area contributed by atoms with E-state index in [1.807, 2.05) is 6.07 Å². The third-order valence-electron chi connectivity index (χ3n) is 5.99. The number of alkyl halides is 3. The molecule has 6 nitrogen and oxygen atoms in total. The maximum absolute atomic E-state index is 14.5. The van der Waals surface area contributed by atoms with Crippen molar-refractivity contribution in [1.29, 1.82) is 0 Å². The Morgan fingerprint density at radius 1 is 1.14 bits per heavy atom. The summed E-state index contributed by atoms with van der Waals surface area (Å²) in [6.07, 6.45) is -3.27. The molecular weight excluding hydrogens is 473 g/mol. The highest BCUT2D eigenvalue weighted by molar-refractivity contribution is 5.90. The number of hydrogen-bond acceptors (Lipinski definition) is 5. The van der Waals surface area contributed by atoms with Crippen LogP contribution in [0.1, 0.15) is 50.0 Å². The molecule has 1 unspecified atom stereocenters. The van der Waals surface area contributed by atoms with Crippen LogP contribution in [-0.4, -0.2) is 35.1 Å². The molecule has 0 N–H and O–H groups in total. The fourth-order valence-corrected chi connectivity index (χ4v) is 4.50. The van der Waals surface area contributed by atoms with Crippen LogP contribution in [0.3, 0.4) is 0 Å². The molecule has 0 radical (unpaired) electrons. The SMILES string of the molecule is COC(=O)C(OC(C)(C)C)c1c(C(F)(F)F)ccc(-c2ccnn2C)c1-c1ccc2c(c1)CCCO2. The number of nitrogens with zero attached hydrogens (tertiary/aromatic N) is 2. The number of halogens is 3. The number of methoxy groups -OCH3 is 1. The number of rotatable bonds is 5. The number of carbonyl (C=O) groups excluding carboxylic acids is 1. The van der Waals surface area contributed by atoms with E-state index in [4.69, 9.17) is 14.2 Å². The molecule has 4 rings (SSSR count). The Hall–Kier alpha value is -3.33. The van der Waals surface area contributed by atoms with Gasteiger partial charge >= 0.3 is 12.1 Å². The zero-order valence-corrected chi connectivity index (χ0v) is 20.9. The van der Waals surface area contributed by atoms with Gasteiger partial charge in [-0.05, 0) is 74.6 Å². The van der Waals surface area contributed by atoms with Gasteiger partial charge in [-0.3, -0.25) is 4.68 Å². The zero-order chi connectivity index (χ0) is 26.3. The quantitative estimate of drug-likeness (QED) is 0.393. The predicted octanol–water partition coefficient (Wildman–Crippen LogP) is 6.13. The lowest BCUT2D eigenvalue weighted by Crippen LogP contribution is -2.30. The van der Waals surface area contributed by atoms with Gasteiger partial charge in [0, 0.05) is 24.4 Å². The van der Waals surface area contributed by atoms with E-state index >= 15 is 0 Å². The van der Waals surface area contributed by atoms with E-state index < -0.39 is 29.4 Å². The van der Waals surface area contributed by atoms with E-state index in [0.29, 0.717) is 29.2 Å². The second kappa shape index (κ2) is 9.61. The van der Waals surface area contributed by atoms with Crippen molar-refractivity contribution in [2.24, 2.45) is 7.05 Å². The van der Waals surface area contributed by atoms with Crippen molar-refractivity contribution < 1.29 is 32.2 Å². The highest BCUT2D eigenvalue weighted by Gasteiger charge is 2.42. The van der Waals surface area contributed by atoms with Crippen LogP contribution in [0.5, 0.6) is 5.75 Å². The van der Waals surface area contributed by atoms with Crippen LogP contribution in [0, 0.1) is 0 Å². The summed E-state index contributed by atoms with van der Waals surface area (Å²) in [5.74, 6) is -0.212. The van der Waals surface area contributed by atoms with Crippen molar-refractivity contribution in [3.05, 3.63) is 59.3 Å². The Morgan fingerprint density at radius 2 is 1.89 bits per heavy atom. The third kappa shape index (κ3) is 5.11. The van der Waals surface area contributed by atoms with Crippen LogP contribution in [-0.2, 0) is 33.9 Å². The van der Waals surface area contributed by atoms with Gasteiger partial charge in [-0.15, -0.1) is 0 Å². The molecule has 3 aromatic rings. The van der Waals surface area contributed by atoms with Crippen LogP contribution in [0.2, 0.25) is 0 Å². The van der Waals surface area contributed by atoms with Crippen LogP contribution in [0.25, 0.3) is 22.4 Å². The van der Waals surface area contributed by atoms with Crippen LogP contribution < -0.4 is 4.74 Å². The lowest BCUT2D eigenvalue weighted by atomic mass is 9.85. The molecule has 0 aliphatic carbocycles. The van der Waals surface area contributed by atoms with Gasteiger partial charge in [0.05, 0.1) is 30.6 Å². The highest BCUT2D eigenvalue weighted by Crippen LogP contribution is 2.47. The number of aromatic nitrogens is 2. The number of ether oxygens (including phenoxy) is 3. The second-order valence-corrected chi connectivity index (χ2v) is 9.70. The summed E-state index contributed by atoms with van der Waals surface area (Å²) in [6, 6.07) is 9.44. The van der Waals surface area contributed by atoms with E-state index in [2.05, 4.69) is 5.10 Å². The molecule has 2 aromatic carbocycles. The molecule has 1 aliphatic heterocycles. The molecule has 9 heteroatoms. The van der Waals surface area contributed by atoms with E-state index in [9.17, 15) is 18.0 Å². The fourth-order valence-electron chi connectivity index (χ4n) is 4.50. The Balaban J connectivity index is 2.12. The topological polar surface area (TPSA) is 62.6 Å². The van der Waals surface area contributed by atoms with Gasteiger partial charge in [0.15, 0.2) is 6.10 Å². The minimum atomic E-state index is -4.75. The lowest BCUT2D eigenvalue weighted by Gasteiger charge is -2.30. The summed E-state index contributed by atoms with van der Waals surface area (Å²) in [5, 5.41) is 4.21. The van der Waals surface area contributed by atoms with Crippen molar-refractivity contribution in [2.45, 2.75) is 51.5 Å².